The number of hydrogen-bond acceptors (Lipinski definition) is 5. The summed E-state index contributed by atoms with van der Waals surface area (Å²) in [6.07, 6.45) is 3.47. The van der Waals surface area contributed by atoms with Gasteiger partial charge in [0, 0.05) is 18.6 Å². The molecule has 2 N–H and O–H groups in total. The van der Waals surface area contributed by atoms with E-state index in [4.69, 9.17) is 5.73 Å². The average molecular weight is 272 g/mol. The molecule has 0 bridgehead atoms. The van der Waals surface area contributed by atoms with Crippen LogP contribution in [-0.4, -0.2) is 38.8 Å². The zero-order chi connectivity index (χ0) is 13.9. The van der Waals surface area contributed by atoms with Crippen LogP contribution < -0.4 is 10.6 Å². The van der Waals surface area contributed by atoms with Crippen LogP contribution in [0, 0.1) is 0 Å². The number of aromatic nitrogens is 4. The lowest BCUT2D eigenvalue weighted by Gasteiger charge is -2.40. The molecule has 2 heterocycles. The summed E-state index contributed by atoms with van der Waals surface area (Å²) in [7, 11) is 0. The topological polar surface area (TPSA) is 72.9 Å². The molecule has 2 unspecified atom stereocenters. The van der Waals surface area contributed by atoms with Crippen LogP contribution in [0.5, 0.6) is 0 Å². The molecule has 1 fully saturated rings. The highest BCUT2D eigenvalue weighted by molar-refractivity contribution is 5.42. The molecule has 6 nitrogen and oxygen atoms in total. The van der Waals surface area contributed by atoms with Gasteiger partial charge in [-0.3, -0.25) is 0 Å². The molecule has 1 saturated heterocycles. The zero-order valence-electron chi connectivity index (χ0n) is 11.7. The third kappa shape index (κ3) is 2.27. The Morgan fingerprint density at radius 3 is 2.80 bits per heavy atom. The van der Waals surface area contributed by atoms with Crippen molar-refractivity contribution >= 4 is 5.95 Å². The van der Waals surface area contributed by atoms with Gasteiger partial charge in [-0.15, -0.1) is 0 Å². The molecule has 0 radical (unpaired) electrons. The third-order valence-corrected chi connectivity index (χ3v) is 3.98. The summed E-state index contributed by atoms with van der Waals surface area (Å²) in [5.74, 6) is 0.791. The first kappa shape index (κ1) is 13.1. The summed E-state index contributed by atoms with van der Waals surface area (Å²) in [6, 6.07) is 10.7. The maximum absolute atomic E-state index is 5.93. The van der Waals surface area contributed by atoms with Crippen molar-refractivity contribution < 1.29 is 0 Å². The normalized spacial score (nSPS) is 23.0. The molecule has 6 heteroatoms. The maximum Gasteiger partial charge on any atom is 0.250 e. The highest BCUT2D eigenvalue weighted by atomic mass is 15.6. The Balaban J connectivity index is 2.00. The maximum atomic E-state index is 5.93. The summed E-state index contributed by atoms with van der Waals surface area (Å²) < 4.78 is 1.80. The second kappa shape index (κ2) is 5.58. The van der Waals surface area contributed by atoms with E-state index < -0.39 is 0 Å². The molecule has 106 valence electrons. The number of anilines is 1. The number of rotatable bonds is 3. The van der Waals surface area contributed by atoms with Crippen molar-refractivity contribution in [2.45, 2.75) is 38.3 Å². The number of nitrogens with two attached hydrogens (primary N) is 1. The SMILES string of the molecule is CC1CCCC(CN)N1c1nnnn1-c1ccccc1. The lowest BCUT2D eigenvalue weighted by atomic mass is 9.97. The first-order valence-electron chi connectivity index (χ1n) is 7.13. The standard InChI is InChI=1S/C14H20N6/c1-11-6-5-9-13(10-15)19(11)14-16-17-18-20(14)12-7-3-2-4-8-12/h2-4,7-8,11,13H,5-6,9-10,15H2,1H3. The first-order valence-corrected chi connectivity index (χ1v) is 7.13. The van der Waals surface area contributed by atoms with E-state index in [0.29, 0.717) is 18.6 Å². The van der Waals surface area contributed by atoms with E-state index in [1.54, 1.807) is 4.68 Å². The summed E-state index contributed by atoms with van der Waals surface area (Å²) in [4.78, 5) is 2.27. The lowest BCUT2D eigenvalue weighted by molar-refractivity contribution is 0.392. The van der Waals surface area contributed by atoms with Gasteiger partial charge in [0.2, 0.25) is 0 Å². The number of nitrogens with zero attached hydrogens (tertiary/aromatic N) is 5. The van der Waals surface area contributed by atoms with Crippen molar-refractivity contribution in [1.82, 2.24) is 20.2 Å². The summed E-state index contributed by atoms with van der Waals surface area (Å²) in [5, 5.41) is 12.2. The second-order valence-electron chi connectivity index (χ2n) is 5.30. The van der Waals surface area contributed by atoms with E-state index in [1.165, 1.54) is 6.42 Å². The Bertz CT molecular complexity index is 552. The smallest absolute Gasteiger partial charge is 0.250 e. The van der Waals surface area contributed by atoms with Crippen LogP contribution in [0.15, 0.2) is 30.3 Å². The Hall–Kier alpha value is -1.95. The van der Waals surface area contributed by atoms with Crippen molar-refractivity contribution in [3.8, 4) is 5.69 Å². The third-order valence-electron chi connectivity index (χ3n) is 3.98. The van der Waals surface area contributed by atoms with E-state index in [-0.39, 0.29) is 0 Å². The second-order valence-corrected chi connectivity index (χ2v) is 5.30. The predicted molar refractivity (Wildman–Crippen MR) is 77.8 cm³/mol. The molecule has 1 aliphatic heterocycles. The van der Waals surface area contributed by atoms with E-state index in [0.717, 1.165) is 24.5 Å². The summed E-state index contributed by atoms with van der Waals surface area (Å²) in [5.41, 5.74) is 6.90. The molecule has 2 atom stereocenters. The van der Waals surface area contributed by atoms with Gasteiger partial charge in [-0.25, -0.2) is 0 Å². The Kier molecular flexibility index (Phi) is 3.64. The molecule has 0 amide bonds. The molecule has 1 aromatic heterocycles. The molecule has 2 aromatic rings. The summed E-state index contributed by atoms with van der Waals surface area (Å²) >= 11 is 0. The molecular weight excluding hydrogens is 252 g/mol. The van der Waals surface area contributed by atoms with Crippen LogP contribution in [0.1, 0.15) is 26.2 Å². The van der Waals surface area contributed by atoms with Gasteiger partial charge in [0.25, 0.3) is 5.95 Å². The molecule has 1 aliphatic rings. The fraction of sp³-hybridized carbons (Fsp3) is 0.500. The number of para-hydroxylation sites is 1. The number of benzene rings is 1. The fourth-order valence-electron chi connectivity index (χ4n) is 2.96. The largest absolute Gasteiger partial charge is 0.332 e. The van der Waals surface area contributed by atoms with Crippen LogP contribution >= 0.6 is 0 Å². The van der Waals surface area contributed by atoms with Gasteiger partial charge >= 0.3 is 0 Å². The quantitative estimate of drug-likeness (QED) is 0.913. The first-order chi connectivity index (χ1) is 9.81. The van der Waals surface area contributed by atoms with E-state index >= 15 is 0 Å². The van der Waals surface area contributed by atoms with Crippen LogP contribution in [0.25, 0.3) is 5.69 Å². The zero-order valence-corrected chi connectivity index (χ0v) is 11.7. The Morgan fingerprint density at radius 2 is 2.05 bits per heavy atom. The van der Waals surface area contributed by atoms with Gasteiger partial charge in [0.15, 0.2) is 0 Å². The minimum Gasteiger partial charge on any atom is -0.332 e. The molecule has 0 saturated carbocycles. The van der Waals surface area contributed by atoms with Crippen LogP contribution in [-0.2, 0) is 0 Å². The van der Waals surface area contributed by atoms with Crippen molar-refractivity contribution in [2.75, 3.05) is 11.4 Å². The van der Waals surface area contributed by atoms with Crippen LogP contribution in [0.3, 0.4) is 0 Å². The van der Waals surface area contributed by atoms with E-state index in [2.05, 4.69) is 27.3 Å². The molecule has 1 aromatic carbocycles. The molecule has 0 aliphatic carbocycles. The van der Waals surface area contributed by atoms with E-state index in [1.807, 2.05) is 30.3 Å². The van der Waals surface area contributed by atoms with Gasteiger partial charge in [-0.05, 0) is 48.7 Å². The lowest BCUT2D eigenvalue weighted by Crippen LogP contribution is -2.50. The number of tetrazole rings is 1. The van der Waals surface area contributed by atoms with Crippen molar-refractivity contribution in [3.05, 3.63) is 30.3 Å². The average Bonchev–Trinajstić information content (AvgIpc) is 2.96. The molecule has 3 rings (SSSR count). The fourth-order valence-corrected chi connectivity index (χ4v) is 2.96. The molecular formula is C14H20N6. The van der Waals surface area contributed by atoms with Gasteiger partial charge in [-0.2, -0.15) is 4.68 Å². The van der Waals surface area contributed by atoms with Crippen molar-refractivity contribution in [3.63, 3.8) is 0 Å². The molecule has 20 heavy (non-hydrogen) atoms. The van der Waals surface area contributed by atoms with E-state index in [9.17, 15) is 0 Å². The number of piperidine rings is 1. The van der Waals surface area contributed by atoms with Gasteiger partial charge < -0.3 is 10.6 Å². The predicted octanol–water partition coefficient (Wildman–Crippen LogP) is 1.37. The van der Waals surface area contributed by atoms with Crippen LogP contribution in [0.2, 0.25) is 0 Å². The van der Waals surface area contributed by atoms with Gasteiger partial charge in [-0.1, -0.05) is 23.3 Å². The Morgan fingerprint density at radius 1 is 1.25 bits per heavy atom. The van der Waals surface area contributed by atoms with Crippen molar-refractivity contribution in [1.29, 1.82) is 0 Å². The van der Waals surface area contributed by atoms with Gasteiger partial charge in [0.1, 0.15) is 0 Å². The summed E-state index contributed by atoms with van der Waals surface area (Å²) in [6.45, 7) is 2.85. The van der Waals surface area contributed by atoms with Crippen LogP contribution in [0.4, 0.5) is 5.95 Å². The Labute approximate surface area is 118 Å². The highest BCUT2D eigenvalue weighted by Crippen LogP contribution is 2.28. The van der Waals surface area contributed by atoms with Gasteiger partial charge in [0.05, 0.1) is 5.69 Å². The monoisotopic (exact) mass is 272 g/mol. The minimum absolute atomic E-state index is 0.312. The highest BCUT2D eigenvalue weighted by Gasteiger charge is 2.31. The molecule has 0 spiro atoms. The minimum atomic E-state index is 0.312. The number of hydrogen-bond donors (Lipinski definition) is 1. The van der Waals surface area contributed by atoms with Crippen molar-refractivity contribution in [2.24, 2.45) is 5.73 Å².